The summed E-state index contributed by atoms with van der Waals surface area (Å²) >= 11 is 1.40. The molecule has 13 heavy (non-hydrogen) atoms. The molecule has 1 aromatic heterocycles. The molecule has 5 nitrogen and oxygen atoms in total. The minimum absolute atomic E-state index is 0.605. The molecule has 1 aromatic rings. The molecule has 1 N–H and O–H groups in total. The Morgan fingerprint density at radius 1 is 1.69 bits per heavy atom. The normalized spacial score (nSPS) is 12.9. The Balaban J connectivity index is 2.74. The fourth-order valence-corrected chi connectivity index (χ4v) is 1.48. The van der Waals surface area contributed by atoms with Crippen LogP contribution in [0.5, 0.6) is 0 Å². The second kappa shape index (κ2) is 3.84. The third-order valence-electron chi connectivity index (χ3n) is 1.17. The Hall–Kier alpha value is -0.950. The summed E-state index contributed by atoms with van der Waals surface area (Å²) in [5.41, 5.74) is 2.27. The first-order valence-electron chi connectivity index (χ1n) is 3.39. The van der Waals surface area contributed by atoms with Gasteiger partial charge in [-0.05, 0) is 6.92 Å². The van der Waals surface area contributed by atoms with Crippen molar-refractivity contribution in [3.05, 3.63) is 16.6 Å². The average Bonchev–Trinajstić information content (AvgIpc) is 2.50. The highest BCUT2D eigenvalue weighted by Gasteiger charge is 2.00. The van der Waals surface area contributed by atoms with Gasteiger partial charge in [0, 0.05) is 6.20 Å². The van der Waals surface area contributed by atoms with E-state index < -0.39 is 10.0 Å². The second-order valence-electron chi connectivity index (χ2n) is 2.43. The Bertz CT molecular complexity index is 394. The summed E-state index contributed by atoms with van der Waals surface area (Å²) in [6, 6.07) is 0. The lowest BCUT2D eigenvalue weighted by atomic mass is 10.4. The van der Waals surface area contributed by atoms with Gasteiger partial charge in [0.1, 0.15) is 0 Å². The Kier molecular flexibility index (Phi) is 2.99. The number of nitrogens with zero attached hydrogens (tertiary/aromatic N) is 2. The first-order chi connectivity index (χ1) is 5.99. The maximum atomic E-state index is 10.7. The van der Waals surface area contributed by atoms with Crippen LogP contribution >= 0.6 is 11.3 Å². The van der Waals surface area contributed by atoms with Crippen molar-refractivity contribution < 1.29 is 8.42 Å². The van der Waals surface area contributed by atoms with E-state index in [0.717, 1.165) is 11.1 Å². The number of hydrogen-bond donors (Lipinski definition) is 1. The molecule has 0 aliphatic rings. The van der Waals surface area contributed by atoms with E-state index in [2.05, 4.69) is 10.1 Å². The van der Waals surface area contributed by atoms with Crippen LogP contribution in [0.2, 0.25) is 0 Å². The van der Waals surface area contributed by atoms with Crippen molar-refractivity contribution in [3.8, 4) is 0 Å². The number of aromatic nitrogens is 1. The topological polar surface area (TPSA) is 71.4 Å². The standard InChI is InChI=1S/C6H9N3O2S2/c1-5(6-3-7-4-12-6)8-9-13(2,10)11/h3-4,9H,1-2H3/b8-5+. The Morgan fingerprint density at radius 2 is 2.38 bits per heavy atom. The lowest BCUT2D eigenvalue weighted by Crippen LogP contribution is -2.17. The van der Waals surface area contributed by atoms with Crippen molar-refractivity contribution in [3.63, 3.8) is 0 Å². The van der Waals surface area contributed by atoms with Gasteiger partial charge >= 0.3 is 0 Å². The van der Waals surface area contributed by atoms with Gasteiger partial charge in [0.05, 0.1) is 22.4 Å². The van der Waals surface area contributed by atoms with Crippen LogP contribution in [0.25, 0.3) is 0 Å². The molecule has 0 aliphatic carbocycles. The summed E-state index contributed by atoms with van der Waals surface area (Å²) in [6.45, 7) is 1.71. The predicted octanol–water partition coefficient (Wildman–Crippen LogP) is 0.416. The molecule has 0 bridgehead atoms. The Morgan fingerprint density at radius 3 is 2.85 bits per heavy atom. The molecule has 0 radical (unpaired) electrons. The molecular formula is C6H9N3O2S2. The van der Waals surface area contributed by atoms with Gasteiger partial charge in [0.15, 0.2) is 0 Å². The van der Waals surface area contributed by atoms with Crippen LogP contribution in [-0.2, 0) is 10.0 Å². The third kappa shape index (κ3) is 3.51. The number of hydrazone groups is 1. The van der Waals surface area contributed by atoms with Gasteiger partial charge in [-0.3, -0.25) is 4.98 Å². The lowest BCUT2D eigenvalue weighted by molar-refractivity contribution is 0.590. The van der Waals surface area contributed by atoms with E-state index in [-0.39, 0.29) is 0 Å². The zero-order chi connectivity index (χ0) is 9.90. The zero-order valence-corrected chi connectivity index (χ0v) is 8.82. The maximum absolute atomic E-state index is 10.7. The largest absolute Gasteiger partial charge is 0.252 e. The van der Waals surface area contributed by atoms with Crippen LogP contribution in [0.3, 0.4) is 0 Å². The third-order valence-corrected chi connectivity index (χ3v) is 2.47. The predicted molar refractivity (Wildman–Crippen MR) is 52.3 cm³/mol. The van der Waals surface area contributed by atoms with Crippen LogP contribution in [0.4, 0.5) is 0 Å². The molecule has 0 saturated heterocycles. The molecule has 0 unspecified atom stereocenters. The number of sulfonamides is 1. The summed E-state index contributed by atoms with van der Waals surface area (Å²) in [5, 5.41) is 3.69. The van der Waals surface area contributed by atoms with Crippen molar-refractivity contribution in [2.24, 2.45) is 5.10 Å². The van der Waals surface area contributed by atoms with Crippen LogP contribution in [-0.4, -0.2) is 25.4 Å². The highest BCUT2D eigenvalue weighted by atomic mass is 32.2. The van der Waals surface area contributed by atoms with Crippen molar-refractivity contribution in [2.45, 2.75) is 6.92 Å². The van der Waals surface area contributed by atoms with E-state index in [0.29, 0.717) is 5.71 Å². The summed E-state index contributed by atoms with van der Waals surface area (Å²) in [6.07, 6.45) is 2.68. The summed E-state index contributed by atoms with van der Waals surface area (Å²) in [7, 11) is -3.26. The van der Waals surface area contributed by atoms with Crippen molar-refractivity contribution in [1.29, 1.82) is 0 Å². The molecular weight excluding hydrogens is 210 g/mol. The van der Waals surface area contributed by atoms with E-state index in [9.17, 15) is 8.42 Å². The average molecular weight is 219 g/mol. The SMILES string of the molecule is C/C(=N\NS(C)(=O)=O)c1cncs1. The first kappa shape index (κ1) is 10.1. The van der Waals surface area contributed by atoms with Crippen molar-refractivity contribution >= 4 is 27.1 Å². The van der Waals surface area contributed by atoms with E-state index in [4.69, 9.17) is 0 Å². The van der Waals surface area contributed by atoms with Crippen molar-refractivity contribution in [2.75, 3.05) is 6.26 Å². The lowest BCUT2D eigenvalue weighted by Gasteiger charge is -1.97. The molecule has 0 saturated carbocycles. The molecule has 0 aliphatic heterocycles. The minimum Gasteiger partial charge on any atom is -0.252 e. The Labute approximate surface area is 80.6 Å². The highest BCUT2D eigenvalue weighted by Crippen LogP contribution is 2.06. The van der Waals surface area contributed by atoms with Crippen molar-refractivity contribution in [1.82, 2.24) is 9.82 Å². The molecule has 0 fully saturated rings. The van der Waals surface area contributed by atoms with E-state index in [1.165, 1.54) is 11.3 Å². The smallest absolute Gasteiger partial charge is 0.244 e. The molecule has 7 heteroatoms. The van der Waals surface area contributed by atoms with E-state index >= 15 is 0 Å². The van der Waals surface area contributed by atoms with Crippen LogP contribution in [0.1, 0.15) is 11.8 Å². The molecule has 0 spiro atoms. The minimum atomic E-state index is -3.26. The van der Waals surface area contributed by atoms with E-state index in [1.54, 1.807) is 18.6 Å². The summed E-state index contributed by atoms with van der Waals surface area (Å²) in [4.78, 5) is 6.74. The molecule has 0 amide bonds. The maximum Gasteiger partial charge on any atom is 0.244 e. The van der Waals surface area contributed by atoms with Gasteiger partial charge in [0.2, 0.25) is 10.0 Å². The monoisotopic (exact) mass is 219 g/mol. The van der Waals surface area contributed by atoms with Gasteiger partial charge in [-0.15, -0.1) is 11.3 Å². The van der Waals surface area contributed by atoms with Gasteiger partial charge in [-0.2, -0.15) is 5.10 Å². The number of hydrogen-bond acceptors (Lipinski definition) is 5. The fourth-order valence-electron chi connectivity index (χ4n) is 0.601. The molecule has 0 atom stereocenters. The molecule has 1 heterocycles. The van der Waals surface area contributed by atoms with Gasteiger partial charge in [-0.25, -0.2) is 13.2 Å². The number of nitrogens with one attached hydrogen (secondary N) is 1. The summed E-state index contributed by atoms with van der Waals surface area (Å²) in [5.74, 6) is 0. The second-order valence-corrected chi connectivity index (χ2v) is 5.04. The first-order valence-corrected chi connectivity index (χ1v) is 6.16. The fraction of sp³-hybridized carbons (Fsp3) is 0.333. The molecule has 1 rings (SSSR count). The summed E-state index contributed by atoms with van der Waals surface area (Å²) < 4.78 is 21.3. The molecule has 0 aromatic carbocycles. The van der Waals surface area contributed by atoms with Gasteiger partial charge in [-0.1, -0.05) is 0 Å². The van der Waals surface area contributed by atoms with Crippen LogP contribution in [0.15, 0.2) is 16.8 Å². The van der Waals surface area contributed by atoms with Crippen LogP contribution < -0.4 is 4.83 Å². The zero-order valence-electron chi connectivity index (χ0n) is 7.18. The van der Waals surface area contributed by atoms with E-state index in [1.807, 2.05) is 4.83 Å². The quantitative estimate of drug-likeness (QED) is 0.591. The van der Waals surface area contributed by atoms with Gasteiger partial charge in [0.25, 0.3) is 0 Å². The molecule has 72 valence electrons. The number of rotatable bonds is 3. The highest BCUT2D eigenvalue weighted by molar-refractivity contribution is 7.88. The van der Waals surface area contributed by atoms with Gasteiger partial charge < -0.3 is 0 Å². The van der Waals surface area contributed by atoms with Crippen LogP contribution in [0, 0.1) is 0 Å². The number of thiazole rings is 1.